The molecular formula is C55H94NO8+. The second-order valence-electron chi connectivity index (χ2n) is 17.7. The Labute approximate surface area is 391 Å². The summed E-state index contributed by atoms with van der Waals surface area (Å²) in [4.78, 5) is 37.2. The van der Waals surface area contributed by atoms with Gasteiger partial charge in [0, 0.05) is 12.8 Å². The van der Waals surface area contributed by atoms with Gasteiger partial charge in [-0.05, 0) is 83.5 Å². The van der Waals surface area contributed by atoms with Gasteiger partial charge in [-0.3, -0.25) is 9.59 Å². The summed E-state index contributed by atoms with van der Waals surface area (Å²) in [6, 6.07) is 0. The first kappa shape index (κ1) is 60.5. The van der Waals surface area contributed by atoms with Crippen molar-refractivity contribution in [3.63, 3.8) is 0 Å². The number of carboxylic acids is 1. The summed E-state index contributed by atoms with van der Waals surface area (Å²) in [6.45, 7) is 4.68. The molecule has 0 saturated heterocycles. The van der Waals surface area contributed by atoms with Gasteiger partial charge in [0.2, 0.25) is 0 Å². The zero-order chi connectivity index (χ0) is 47.0. The third-order valence-electron chi connectivity index (χ3n) is 10.4. The highest BCUT2D eigenvalue weighted by molar-refractivity contribution is 5.71. The monoisotopic (exact) mass is 897 g/mol. The maximum atomic E-state index is 12.8. The molecule has 0 heterocycles. The van der Waals surface area contributed by atoms with Gasteiger partial charge in [-0.2, -0.15) is 0 Å². The van der Waals surface area contributed by atoms with Crippen molar-refractivity contribution >= 4 is 17.9 Å². The maximum Gasteiger partial charge on any atom is 0.361 e. The molecule has 2 unspecified atom stereocenters. The molecule has 0 bridgehead atoms. The van der Waals surface area contributed by atoms with Gasteiger partial charge in [-0.25, -0.2) is 4.79 Å². The number of carbonyl (C=O) groups is 3. The van der Waals surface area contributed by atoms with E-state index in [2.05, 4.69) is 98.9 Å². The third-order valence-corrected chi connectivity index (χ3v) is 10.4. The van der Waals surface area contributed by atoms with Gasteiger partial charge < -0.3 is 28.5 Å². The van der Waals surface area contributed by atoms with Crippen LogP contribution in [0.4, 0.5) is 0 Å². The molecular weight excluding hydrogens is 803 g/mol. The zero-order valence-electron chi connectivity index (χ0n) is 41.4. The van der Waals surface area contributed by atoms with Crippen molar-refractivity contribution < 1.29 is 42.9 Å². The van der Waals surface area contributed by atoms with E-state index in [0.29, 0.717) is 17.4 Å². The normalized spacial score (nSPS) is 13.6. The first-order valence-electron chi connectivity index (χ1n) is 25.3. The lowest BCUT2D eigenvalue weighted by Gasteiger charge is -2.25. The van der Waals surface area contributed by atoms with Gasteiger partial charge in [0.05, 0.1) is 34.4 Å². The molecule has 2 atom stereocenters. The summed E-state index contributed by atoms with van der Waals surface area (Å²) in [7, 11) is 5.95. The lowest BCUT2D eigenvalue weighted by molar-refractivity contribution is -0.870. The molecule has 1 N–H and O–H groups in total. The van der Waals surface area contributed by atoms with Crippen molar-refractivity contribution in [2.75, 3.05) is 47.5 Å². The molecule has 0 rings (SSSR count). The second kappa shape index (κ2) is 46.0. The lowest BCUT2D eigenvalue weighted by Crippen LogP contribution is -2.40. The Bertz CT molecular complexity index is 1320. The largest absolute Gasteiger partial charge is 0.477 e. The highest BCUT2D eigenvalue weighted by atomic mass is 16.7. The number of allylic oxidation sites excluding steroid dienone is 14. The Balaban J connectivity index is 4.35. The zero-order valence-corrected chi connectivity index (χ0v) is 41.4. The van der Waals surface area contributed by atoms with Gasteiger partial charge in [0.25, 0.3) is 6.29 Å². The number of ether oxygens (including phenoxy) is 4. The van der Waals surface area contributed by atoms with Crippen molar-refractivity contribution in [2.45, 2.75) is 200 Å². The first-order chi connectivity index (χ1) is 31.1. The average molecular weight is 897 g/mol. The predicted octanol–water partition coefficient (Wildman–Crippen LogP) is 14.1. The van der Waals surface area contributed by atoms with E-state index in [1.54, 1.807) is 0 Å². The van der Waals surface area contributed by atoms with E-state index >= 15 is 0 Å². The predicted molar refractivity (Wildman–Crippen MR) is 267 cm³/mol. The Kier molecular flexibility index (Phi) is 43.5. The summed E-state index contributed by atoms with van der Waals surface area (Å²) < 4.78 is 22.8. The molecule has 0 radical (unpaired) electrons. The van der Waals surface area contributed by atoms with E-state index in [1.165, 1.54) is 44.9 Å². The second-order valence-corrected chi connectivity index (χ2v) is 17.7. The number of aliphatic carboxylic acids is 1. The molecule has 0 aliphatic heterocycles. The summed E-state index contributed by atoms with van der Waals surface area (Å²) in [5.74, 6) is -2.04. The van der Waals surface area contributed by atoms with E-state index in [4.69, 9.17) is 18.9 Å². The quantitative estimate of drug-likeness (QED) is 0.0212. The van der Waals surface area contributed by atoms with Crippen LogP contribution in [0.3, 0.4) is 0 Å². The Morgan fingerprint density at radius 1 is 0.484 bits per heavy atom. The molecule has 0 saturated carbocycles. The number of likely N-dealkylation sites (N-methyl/N-ethyl adjacent to an activating group) is 1. The van der Waals surface area contributed by atoms with E-state index in [1.807, 2.05) is 21.1 Å². The molecule has 0 aliphatic carbocycles. The number of unbranched alkanes of at least 4 members (excludes halogenated alkanes) is 16. The molecule has 64 heavy (non-hydrogen) atoms. The van der Waals surface area contributed by atoms with Crippen LogP contribution in [0.25, 0.3) is 0 Å². The van der Waals surface area contributed by atoms with Crippen LogP contribution in [0.15, 0.2) is 85.1 Å². The number of nitrogens with zero attached hydrogens (tertiary/aromatic N) is 1. The molecule has 0 aromatic rings. The highest BCUT2D eigenvalue weighted by Crippen LogP contribution is 2.14. The molecule has 0 spiro atoms. The minimum atomic E-state index is -1.52. The van der Waals surface area contributed by atoms with Crippen molar-refractivity contribution in [1.82, 2.24) is 0 Å². The van der Waals surface area contributed by atoms with Crippen LogP contribution in [0.2, 0.25) is 0 Å². The number of hydrogen-bond donors (Lipinski definition) is 1. The Morgan fingerprint density at radius 3 is 1.33 bits per heavy atom. The van der Waals surface area contributed by atoms with Crippen LogP contribution in [0.5, 0.6) is 0 Å². The summed E-state index contributed by atoms with van der Waals surface area (Å²) >= 11 is 0. The van der Waals surface area contributed by atoms with Crippen LogP contribution in [-0.2, 0) is 33.3 Å². The summed E-state index contributed by atoms with van der Waals surface area (Å²) in [6.07, 6.45) is 56.4. The fraction of sp³-hybridized carbons (Fsp3) is 0.691. The summed E-state index contributed by atoms with van der Waals surface area (Å²) in [5, 5.41) is 9.66. The molecule has 0 amide bonds. The van der Waals surface area contributed by atoms with Gasteiger partial charge >= 0.3 is 17.9 Å². The van der Waals surface area contributed by atoms with E-state index in [-0.39, 0.29) is 38.6 Å². The fourth-order valence-electron chi connectivity index (χ4n) is 6.47. The molecule has 366 valence electrons. The van der Waals surface area contributed by atoms with Crippen LogP contribution >= 0.6 is 0 Å². The Morgan fingerprint density at radius 2 is 0.891 bits per heavy atom. The molecule has 9 nitrogen and oxygen atoms in total. The lowest BCUT2D eigenvalue weighted by atomic mass is 10.1. The smallest absolute Gasteiger partial charge is 0.361 e. The first-order valence-corrected chi connectivity index (χ1v) is 25.3. The number of carboxylic acid groups (broad SMARTS) is 1. The number of rotatable bonds is 45. The molecule has 0 aromatic heterocycles. The highest BCUT2D eigenvalue weighted by Gasteiger charge is 2.25. The molecule has 0 fully saturated rings. The SMILES string of the molecule is CC/C=C\C/C=C\C/C=C\C/C=C\C/C=C\CCCCCCCCCCCC(=O)OC(COC(=O)CCCCCCC/C=C\C/C=C\CCCC)COC(OCC[N+](C)(C)C)C(=O)O. The van der Waals surface area contributed by atoms with Crippen molar-refractivity contribution in [3.05, 3.63) is 85.1 Å². The topological polar surface area (TPSA) is 108 Å². The van der Waals surface area contributed by atoms with Crippen molar-refractivity contribution in [2.24, 2.45) is 0 Å². The third kappa shape index (κ3) is 46.5. The number of esters is 2. The fourth-order valence-corrected chi connectivity index (χ4v) is 6.47. The van der Waals surface area contributed by atoms with Crippen LogP contribution in [-0.4, -0.2) is 87.4 Å². The van der Waals surface area contributed by atoms with E-state index in [0.717, 1.165) is 109 Å². The molecule has 0 aliphatic rings. The van der Waals surface area contributed by atoms with E-state index in [9.17, 15) is 19.5 Å². The number of hydrogen-bond acceptors (Lipinski definition) is 7. The maximum absolute atomic E-state index is 12.8. The minimum Gasteiger partial charge on any atom is -0.477 e. The number of quaternary nitrogens is 1. The average Bonchev–Trinajstić information content (AvgIpc) is 3.26. The Hall–Kier alpha value is -3.53. The van der Waals surface area contributed by atoms with Gasteiger partial charge in [0.1, 0.15) is 13.2 Å². The van der Waals surface area contributed by atoms with Gasteiger partial charge in [0.15, 0.2) is 6.10 Å². The van der Waals surface area contributed by atoms with Crippen molar-refractivity contribution in [3.8, 4) is 0 Å². The van der Waals surface area contributed by atoms with Crippen molar-refractivity contribution in [1.29, 1.82) is 0 Å². The van der Waals surface area contributed by atoms with Gasteiger partial charge in [-0.15, -0.1) is 0 Å². The summed E-state index contributed by atoms with van der Waals surface area (Å²) in [5.41, 5.74) is 0. The van der Waals surface area contributed by atoms with Gasteiger partial charge in [-0.1, -0.05) is 176 Å². The molecule has 9 heteroatoms. The standard InChI is InChI=1S/C55H93NO8/c1-6-8-10-12-14-16-18-20-22-23-24-25-26-27-28-29-30-31-32-34-36-38-40-42-44-46-53(58)64-51(50-63-55(54(59)60)61-48-47-56(3,4)5)49-62-52(57)45-43-41-39-37-35-33-21-19-17-15-13-11-9-7-2/h8,10,13-16,19-22,24-25,27-28,51,55H,6-7,9,11-12,17-18,23,26,29-50H2,1-5H3/p+1/b10-8-,15-13-,16-14-,21-19-,22-20-,25-24-,28-27-. The minimum absolute atomic E-state index is 0.180. The molecule has 0 aromatic carbocycles. The van der Waals surface area contributed by atoms with Crippen LogP contribution in [0, 0.1) is 0 Å². The van der Waals surface area contributed by atoms with E-state index < -0.39 is 24.3 Å². The number of carbonyl (C=O) groups excluding carboxylic acids is 2. The van der Waals surface area contributed by atoms with Crippen LogP contribution < -0.4 is 0 Å². The van der Waals surface area contributed by atoms with Crippen LogP contribution in [0.1, 0.15) is 187 Å².